The SMILES string of the molecule is CCN(CC)CC(N)c1noc(Cc2cccc(Br)c2)n1. The van der Waals surface area contributed by atoms with Crippen LogP contribution in [0.2, 0.25) is 0 Å². The lowest BCUT2D eigenvalue weighted by molar-refractivity contribution is 0.277. The number of nitrogens with zero attached hydrogens (tertiary/aromatic N) is 3. The van der Waals surface area contributed by atoms with Crippen LogP contribution in [-0.4, -0.2) is 34.7 Å². The van der Waals surface area contributed by atoms with Crippen LogP contribution in [0, 0.1) is 0 Å². The molecule has 0 bridgehead atoms. The molecule has 1 aromatic carbocycles. The summed E-state index contributed by atoms with van der Waals surface area (Å²) in [5.74, 6) is 1.17. The highest BCUT2D eigenvalue weighted by Gasteiger charge is 2.16. The zero-order valence-corrected chi connectivity index (χ0v) is 14.0. The standard InChI is InChI=1S/C15H21BrN4O/c1-3-20(4-2)10-13(17)15-18-14(21-19-15)9-11-6-5-7-12(16)8-11/h5-8,13H,3-4,9-10,17H2,1-2H3. The summed E-state index contributed by atoms with van der Waals surface area (Å²) < 4.78 is 6.34. The molecule has 0 aliphatic carbocycles. The van der Waals surface area contributed by atoms with Crippen LogP contribution in [0.3, 0.4) is 0 Å². The lowest BCUT2D eigenvalue weighted by atomic mass is 10.1. The molecule has 0 radical (unpaired) electrons. The van der Waals surface area contributed by atoms with Crippen LogP contribution < -0.4 is 5.73 Å². The molecule has 0 saturated carbocycles. The van der Waals surface area contributed by atoms with E-state index in [4.69, 9.17) is 10.3 Å². The first-order valence-electron chi connectivity index (χ1n) is 7.17. The number of rotatable bonds is 7. The number of hydrogen-bond donors (Lipinski definition) is 1. The van der Waals surface area contributed by atoms with Crippen molar-refractivity contribution in [2.75, 3.05) is 19.6 Å². The Labute approximate surface area is 133 Å². The zero-order chi connectivity index (χ0) is 15.2. The molecule has 0 amide bonds. The number of hydrogen-bond acceptors (Lipinski definition) is 5. The number of likely N-dealkylation sites (N-methyl/N-ethyl adjacent to an activating group) is 1. The molecule has 5 nitrogen and oxygen atoms in total. The van der Waals surface area contributed by atoms with Crippen LogP contribution in [0.1, 0.15) is 37.2 Å². The Morgan fingerprint density at radius 1 is 1.33 bits per heavy atom. The van der Waals surface area contributed by atoms with Gasteiger partial charge < -0.3 is 15.2 Å². The summed E-state index contributed by atoms with van der Waals surface area (Å²) in [6, 6.07) is 7.83. The third-order valence-corrected chi connectivity index (χ3v) is 3.90. The number of nitrogens with two attached hydrogens (primary N) is 1. The van der Waals surface area contributed by atoms with Gasteiger partial charge in [-0.1, -0.05) is 47.1 Å². The minimum Gasteiger partial charge on any atom is -0.339 e. The first-order chi connectivity index (χ1) is 10.1. The van der Waals surface area contributed by atoms with Crippen LogP contribution in [0.4, 0.5) is 0 Å². The van der Waals surface area contributed by atoms with Crippen LogP contribution in [0.25, 0.3) is 0 Å². The van der Waals surface area contributed by atoms with Gasteiger partial charge in [0.2, 0.25) is 5.89 Å². The van der Waals surface area contributed by atoms with Crippen molar-refractivity contribution in [3.63, 3.8) is 0 Å². The minimum absolute atomic E-state index is 0.218. The molecule has 2 rings (SSSR count). The fourth-order valence-corrected chi connectivity index (χ4v) is 2.60. The number of aromatic nitrogens is 2. The average Bonchev–Trinajstić information content (AvgIpc) is 2.93. The van der Waals surface area contributed by atoms with E-state index in [-0.39, 0.29) is 6.04 Å². The first kappa shape index (κ1) is 16.1. The molecule has 1 atom stereocenters. The molecule has 1 heterocycles. The summed E-state index contributed by atoms with van der Waals surface area (Å²) in [7, 11) is 0. The third-order valence-electron chi connectivity index (χ3n) is 3.41. The fraction of sp³-hybridized carbons (Fsp3) is 0.467. The van der Waals surface area contributed by atoms with Crippen molar-refractivity contribution in [3.8, 4) is 0 Å². The molecule has 0 aliphatic rings. The second kappa shape index (κ2) is 7.68. The number of halogens is 1. The Morgan fingerprint density at radius 3 is 2.76 bits per heavy atom. The van der Waals surface area contributed by atoms with E-state index in [1.165, 1.54) is 0 Å². The summed E-state index contributed by atoms with van der Waals surface area (Å²) in [5.41, 5.74) is 7.27. The summed E-state index contributed by atoms with van der Waals surface area (Å²) in [5, 5.41) is 4.01. The molecule has 0 aliphatic heterocycles. The maximum absolute atomic E-state index is 6.14. The Hall–Kier alpha value is -1.24. The molecule has 1 aromatic heterocycles. The van der Waals surface area contributed by atoms with Gasteiger partial charge in [0.25, 0.3) is 0 Å². The van der Waals surface area contributed by atoms with Crippen LogP contribution in [0.5, 0.6) is 0 Å². The van der Waals surface area contributed by atoms with Crippen molar-refractivity contribution in [1.82, 2.24) is 15.0 Å². The zero-order valence-electron chi connectivity index (χ0n) is 12.4. The van der Waals surface area contributed by atoms with Gasteiger partial charge in [0.05, 0.1) is 12.5 Å². The molecule has 114 valence electrons. The molecule has 21 heavy (non-hydrogen) atoms. The van der Waals surface area contributed by atoms with Crippen molar-refractivity contribution < 1.29 is 4.52 Å². The van der Waals surface area contributed by atoms with Gasteiger partial charge in [0, 0.05) is 11.0 Å². The predicted molar refractivity (Wildman–Crippen MR) is 86.0 cm³/mol. The maximum Gasteiger partial charge on any atom is 0.231 e. The Bertz CT molecular complexity index is 568. The van der Waals surface area contributed by atoms with Crippen LogP contribution in [0.15, 0.2) is 33.3 Å². The topological polar surface area (TPSA) is 68.2 Å². The van der Waals surface area contributed by atoms with E-state index in [9.17, 15) is 0 Å². The normalized spacial score (nSPS) is 12.8. The number of benzene rings is 1. The van der Waals surface area contributed by atoms with Crippen molar-refractivity contribution in [1.29, 1.82) is 0 Å². The summed E-state index contributed by atoms with van der Waals surface area (Å²) in [6.07, 6.45) is 0.616. The summed E-state index contributed by atoms with van der Waals surface area (Å²) >= 11 is 3.45. The van der Waals surface area contributed by atoms with E-state index in [2.05, 4.69) is 44.8 Å². The molecule has 2 aromatic rings. The van der Waals surface area contributed by atoms with Gasteiger partial charge in [-0.2, -0.15) is 4.98 Å². The van der Waals surface area contributed by atoms with E-state index in [0.29, 0.717) is 18.1 Å². The van der Waals surface area contributed by atoms with E-state index < -0.39 is 0 Å². The lowest BCUT2D eigenvalue weighted by Gasteiger charge is -2.20. The monoisotopic (exact) mass is 352 g/mol. The van der Waals surface area contributed by atoms with Gasteiger partial charge in [-0.05, 0) is 30.8 Å². The third kappa shape index (κ3) is 4.62. The molecule has 1 unspecified atom stereocenters. The quantitative estimate of drug-likeness (QED) is 0.829. The Morgan fingerprint density at radius 2 is 2.10 bits per heavy atom. The van der Waals surface area contributed by atoms with Gasteiger partial charge in [-0.25, -0.2) is 0 Å². The Kier molecular flexibility index (Phi) is 5.90. The van der Waals surface area contributed by atoms with Gasteiger partial charge in [0.1, 0.15) is 0 Å². The van der Waals surface area contributed by atoms with Crippen LogP contribution in [-0.2, 0) is 6.42 Å². The van der Waals surface area contributed by atoms with E-state index in [1.54, 1.807) is 0 Å². The van der Waals surface area contributed by atoms with Gasteiger partial charge >= 0.3 is 0 Å². The van der Waals surface area contributed by atoms with Crippen molar-refractivity contribution in [2.24, 2.45) is 5.73 Å². The Balaban J connectivity index is 2.00. The molecular formula is C15H21BrN4O. The lowest BCUT2D eigenvalue weighted by Crippen LogP contribution is -2.32. The molecule has 6 heteroatoms. The minimum atomic E-state index is -0.218. The smallest absolute Gasteiger partial charge is 0.231 e. The molecule has 0 saturated heterocycles. The van der Waals surface area contributed by atoms with Crippen molar-refractivity contribution >= 4 is 15.9 Å². The maximum atomic E-state index is 6.14. The fourth-order valence-electron chi connectivity index (χ4n) is 2.15. The first-order valence-corrected chi connectivity index (χ1v) is 7.96. The second-order valence-corrected chi connectivity index (χ2v) is 5.86. The predicted octanol–water partition coefficient (Wildman–Crippen LogP) is 2.76. The molecular weight excluding hydrogens is 332 g/mol. The van der Waals surface area contributed by atoms with Crippen LogP contribution >= 0.6 is 15.9 Å². The summed E-state index contributed by atoms with van der Waals surface area (Å²) in [6.45, 7) is 6.90. The highest BCUT2D eigenvalue weighted by atomic mass is 79.9. The van der Waals surface area contributed by atoms with Gasteiger partial charge in [0.15, 0.2) is 5.82 Å². The van der Waals surface area contributed by atoms with Crippen molar-refractivity contribution in [2.45, 2.75) is 26.3 Å². The van der Waals surface area contributed by atoms with E-state index >= 15 is 0 Å². The van der Waals surface area contributed by atoms with Gasteiger partial charge in [-0.3, -0.25) is 0 Å². The average molecular weight is 353 g/mol. The van der Waals surface area contributed by atoms with Gasteiger partial charge in [-0.15, -0.1) is 0 Å². The highest BCUT2D eigenvalue weighted by molar-refractivity contribution is 9.10. The molecule has 0 spiro atoms. The molecule has 0 fully saturated rings. The van der Waals surface area contributed by atoms with E-state index in [1.807, 2.05) is 24.3 Å². The summed E-state index contributed by atoms with van der Waals surface area (Å²) in [4.78, 5) is 6.66. The highest BCUT2D eigenvalue weighted by Crippen LogP contribution is 2.15. The van der Waals surface area contributed by atoms with E-state index in [0.717, 1.165) is 29.7 Å². The largest absolute Gasteiger partial charge is 0.339 e. The molecule has 2 N–H and O–H groups in total. The second-order valence-electron chi connectivity index (χ2n) is 4.95. The van der Waals surface area contributed by atoms with Crippen molar-refractivity contribution in [3.05, 3.63) is 46.0 Å².